The minimum atomic E-state index is -0.0880. The molecule has 1 aromatic rings. The van der Waals surface area contributed by atoms with Crippen molar-refractivity contribution in [3.63, 3.8) is 0 Å². The number of nitrogens with one attached hydrogen (secondary N) is 1. The van der Waals surface area contributed by atoms with E-state index in [1.165, 1.54) is 5.56 Å². The molecule has 1 aliphatic rings. The Hall–Kier alpha value is -1.39. The molecule has 1 fully saturated rings. The Morgan fingerprint density at radius 1 is 1.32 bits per heavy atom. The number of hydrogen-bond donors (Lipinski definition) is 1. The van der Waals surface area contributed by atoms with Crippen LogP contribution in [-0.2, 0) is 11.3 Å². The molecule has 2 atom stereocenters. The summed E-state index contributed by atoms with van der Waals surface area (Å²) in [7, 11) is 3.99. The third kappa shape index (κ3) is 3.55. The van der Waals surface area contributed by atoms with Crippen molar-refractivity contribution in [1.29, 1.82) is 0 Å². The first-order chi connectivity index (χ1) is 9.08. The Labute approximate surface area is 115 Å². The van der Waals surface area contributed by atoms with E-state index in [1.807, 2.05) is 42.1 Å². The molecular weight excluding hydrogens is 238 g/mol. The first-order valence-electron chi connectivity index (χ1n) is 6.80. The lowest BCUT2D eigenvalue weighted by Crippen LogP contribution is -2.61. The van der Waals surface area contributed by atoms with Crippen molar-refractivity contribution in [2.45, 2.75) is 25.6 Å². The lowest BCUT2D eigenvalue weighted by molar-refractivity contribution is -0.139. The molecule has 1 saturated heterocycles. The Kier molecular flexibility index (Phi) is 4.56. The van der Waals surface area contributed by atoms with E-state index in [0.717, 1.165) is 13.1 Å². The molecule has 0 bridgehead atoms. The molecule has 0 aliphatic carbocycles. The molecule has 0 aromatic heterocycles. The van der Waals surface area contributed by atoms with Crippen LogP contribution in [0, 0.1) is 0 Å². The summed E-state index contributed by atoms with van der Waals surface area (Å²) in [5.41, 5.74) is 1.19. The second-order valence-electron chi connectivity index (χ2n) is 5.52. The zero-order chi connectivity index (χ0) is 13.8. The number of amides is 1. The van der Waals surface area contributed by atoms with Crippen LogP contribution in [-0.4, -0.2) is 55.0 Å². The van der Waals surface area contributed by atoms with Crippen molar-refractivity contribution in [3.05, 3.63) is 35.9 Å². The van der Waals surface area contributed by atoms with Crippen molar-refractivity contribution in [1.82, 2.24) is 15.1 Å². The molecule has 19 heavy (non-hydrogen) atoms. The maximum Gasteiger partial charge on any atom is 0.241 e. The van der Waals surface area contributed by atoms with E-state index in [1.54, 1.807) is 0 Å². The van der Waals surface area contributed by atoms with Gasteiger partial charge in [-0.25, -0.2) is 0 Å². The van der Waals surface area contributed by atoms with Crippen LogP contribution < -0.4 is 5.32 Å². The highest BCUT2D eigenvalue weighted by atomic mass is 16.2. The van der Waals surface area contributed by atoms with Crippen LogP contribution in [0.25, 0.3) is 0 Å². The molecule has 1 amide bonds. The highest BCUT2D eigenvalue weighted by Crippen LogP contribution is 2.14. The maximum absolute atomic E-state index is 12.5. The van der Waals surface area contributed by atoms with Gasteiger partial charge in [0, 0.05) is 25.7 Å². The number of rotatable bonds is 4. The zero-order valence-corrected chi connectivity index (χ0v) is 12.0. The average Bonchev–Trinajstić information content (AvgIpc) is 2.39. The molecule has 1 aliphatic heterocycles. The second-order valence-corrected chi connectivity index (χ2v) is 5.52. The van der Waals surface area contributed by atoms with Gasteiger partial charge < -0.3 is 15.1 Å². The molecule has 1 N–H and O–H groups in total. The number of likely N-dealkylation sites (N-methyl/N-ethyl adjacent to an activating group) is 1. The predicted octanol–water partition coefficient (Wildman–Crippen LogP) is 0.937. The van der Waals surface area contributed by atoms with Crippen LogP contribution in [0.4, 0.5) is 0 Å². The molecule has 1 heterocycles. The highest BCUT2D eigenvalue weighted by Gasteiger charge is 2.32. The molecule has 1 aromatic carbocycles. The van der Waals surface area contributed by atoms with Gasteiger partial charge in [0.1, 0.15) is 0 Å². The van der Waals surface area contributed by atoms with Gasteiger partial charge in [-0.2, -0.15) is 0 Å². The van der Waals surface area contributed by atoms with Gasteiger partial charge >= 0.3 is 0 Å². The van der Waals surface area contributed by atoms with Gasteiger partial charge in [-0.3, -0.25) is 4.79 Å². The fraction of sp³-hybridized carbons (Fsp3) is 0.533. The van der Waals surface area contributed by atoms with Crippen LogP contribution in [0.15, 0.2) is 30.3 Å². The maximum atomic E-state index is 12.5. The van der Waals surface area contributed by atoms with Crippen LogP contribution in [0.5, 0.6) is 0 Å². The van der Waals surface area contributed by atoms with Crippen LogP contribution >= 0.6 is 0 Å². The van der Waals surface area contributed by atoms with Gasteiger partial charge in [0.25, 0.3) is 0 Å². The Bertz CT molecular complexity index is 419. The normalized spacial score (nSPS) is 24.0. The number of piperazine rings is 1. The lowest BCUT2D eigenvalue weighted by Gasteiger charge is -2.39. The standard InChI is InChI=1S/C15H23N3O/c1-12-9-16-14(11-17(2)3)15(19)18(12)10-13-7-5-4-6-8-13/h4-8,12,14,16H,9-11H2,1-3H3. The largest absolute Gasteiger partial charge is 0.333 e. The topological polar surface area (TPSA) is 35.6 Å². The molecule has 104 valence electrons. The molecule has 0 saturated carbocycles. The van der Waals surface area contributed by atoms with E-state index in [2.05, 4.69) is 24.4 Å². The summed E-state index contributed by atoms with van der Waals surface area (Å²) in [6, 6.07) is 10.3. The highest BCUT2D eigenvalue weighted by molar-refractivity contribution is 5.83. The van der Waals surface area contributed by atoms with Gasteiger partial charge in [-0.15, -0.1) is 0 Å². The predicted molar refractivity (Wildman–Crippen MR) is 76.8 cm³/mol. The zero-order valence-electron chi connectivity index (χ0n) is 12.0. The van der Waals surface area contributed by atoms with E-state index >= 15 is 0 Å². The lowest BCUT2D eigenvalue weighted by atomic mass is 10.1. The van der Waals surface area contributed by atoms with Crippen LogP contribution in [0.3, 0.4) is 0 Å². The smallest absolute Gasteiger partial charge is 0.241 e. The summed E-state index contributed by atoms with van der Waals surface area (Å²) in [5, 5.41) is 3.33. The molecule has 4 heteroatoms. The summed E-state index contributed by atoms with van der Waals surface area (Å²) in [5.74, 6) is 0.205. The number of hydrogen-bond acceptors (Lipinski definition) is 3. The number of carbonyl (C=O) groups excluding carboxylic acids is 1. The quantitative estimate of drug-likeness (QED) is 0.876. The van der Waals surface area contributed by atoms with E-state index in [4.69, 9.17) is 0 Å². The van der Waals surface area contributed by atoms with Gasteiger partial charge in [-0.1, -0.05) is 30.3 Å². The first kappa shape index (κ1) is 14.0. The van der Waals surface area contributed by atoms with Crippen molar-refractivity contribution < 1.29 is 4.79 Å². The molecular formula is C15H23N3O. The van der Waals surface area contributed by atoms with E-state index in [0.29, 0.717) is 6.54 Å². The molecule has 2 rings (SSSR count). The monoisotopic (exact) mass is 261 g/mol. The Morgan fingerprint density at radius 2 is 2.00 bits per heavy atom. The third-order valence-electron chi connectivity index (χ3n) is 3.52. The molecule has 0 spiro atoms. The summed E-state index contributed by atoms with van der Waals surface area (Å²) < 4.78 is 0. The van der Waals surface area contributed by atoms with Crippen LogP contribution in [0.1, 0.15) is 12.5 Å². The van der Waals surface area contributed by atoms with Gasteiger partial charge in [-0.05, 0) is 26.6 Å². The molecule has 4 nitrogen and oxygen atoms in total. The summed E-state index contributed by atoms with van der Waals surface area (Å²) in [4.78, 5) is 16.5. The van der Waals surface area contributed by atoms with Gasteiger partial charge in [0.2, 0.25) is 5.91 Å². The van der Waals surface area contributed by atoms with Crippen molar-refractivity contribution in [2.24, 2.45) is 0 Å². The summed E-state index contributed by atoms with van der Waals surface area (Å²) >= 11 is 0. The second kappa shape index (κ2) is 6.17. The first-order valence-corrected chi connectivity index (χ1v) is 6.80. The minimum absolute atomic E-state index is 0.0880. The summed E-state index contributed by atoms with van der Waals surface area (Å²) in [6.45, 7) is 4.40. The molecule has 2 unspecified atom stereocenters. The van der Waals surface area contributed by atoms with Gasteiger partial charge in [0.15, 0.2) is 0 Å². The summed E-state index contributed by atoms with van der Waals surface area (Å²) in [6.07, 6.45) is 0. The van der Waals surface area contributed by atoms with Crippen molar-refractivity contribution in [3.8, 4) is 0 Å². The van der Waals surface area contributed by atoms with E-state index < -0.39 is 0 Å². The number of nitrogens with zero attached hydrogens (tertiary/aromatic N) is 2. The fourth-order valence-electron chi connectivity index (χ4n) is 2.45. The van der Waals surface area contributed by atoms with Crippen molar-refractivity contribution >= 4 is 5.91 Å². The van der Waals surface area contributed by atoms with Gasteiger partial charge in [0.05, 0.1) is 6.04 Å². The Balaban J connectivity index is 2.06. The molecule has 0 radical (unpaired) electrons. The minimum Gasteiger partial charge on any atom is -0.333 e. The van der Waals surface area contributed by atoms with Crippen LogP contribution in [0.2, 0.25) is 0 Å². The number of carbonyl (C=O) groups is 1. The number of benzene rings is 1. The van der Waals surface area contributed by atoms with E-state index in [-0.39, 0.29) is 18.0 Å². The van der Waals surface area contributed by atoms with Crippen molar-refractivity contribution in [2.75, 3.05) is 27.2 Å². The Morgan fingerprint density at radius 3 is 2.63 bits per heavy atom. The average molecular weight is 261 g/mol. The SMILES string of the molecule is CC1CNC(CN(C)C)C(=O)N1Cc1ccccc1. The third-order valence-corrected chi connectivity index (χ3v) is 3.52. The fourth-order valence-corrected chi connectivity index (χ4v) is 2.45. The van der Waals surface area contributed by atoms with E-state index in [9.17, 15) is 4.79 Å².